The molecule has 0 aliphatic carbocycles. The van der Waals surface area contributed by atoms with Gasteiger partial charge in [-0.2, -0.15) is 24.3 Å². The van der Waals surface area contributed by atoms with Gasteiger partial charge in [0.25, 0.3) is 0 Å². The molecule has 4 heteroatoms. The summed E-state index contributed by atoms with van der Waals surface area (Å²) >= 11 is 0. The Morgan fingerprint density at radius 2 is 0.974 bits per heavy atom. The molecular formula is C35H46AuN3. The first-order valence-electron chi connectivity index (χ1n) is 14.0. The van der Waals surface area contributed by atoms with Crippen LogP contribution in [-0.4, -0.2) is 14.1 Å². The maximum Gasteiger partial charge on any atom is 1.00 e. The van der Waals surface area contributed by atoms with Gasteiger partial charge in [-0.05, 0) is 45.9 Å². The van der Waals surface area contributed by atoms with Crippen molar-refractivity contribution in [2.45, 2.75) is 79.1 Å². The van der Waals surface area contributed by atoms with Crippen LogP contribution in [0.1, 0.15) is 101 Å². The van der Waals surface area contributed by atoms with Crippen LogP contribution < -0.4 is 14.7 Å². The molecule has 0 N–H and O–H groups in total. The molecule has 0 saturated carbocycles. The molecule has 0 atom stereocenters. The third-order valence-corrected chi connectivity index (χ3v) is 6.92. The fourth-order valence-electron chi connectivity index (χ4n) is 4.81. The first-order valence-corrected chi connectivity index (χ1v) is 14.0. The van der Waals surface area contributed by atoms with Crippen LogP contribution >= 0.6 is 0 Å². The van der Waals surface area contributed by atoms with Crippen molar-refractivity contribution in [2.75, 3.05) is 28.8 Å². The van der Waals surface area contributed by atoms with Crippen LogP contribution in [0, 0.1) is 12.7 Å². The molecule has 0 fully saturated rings. The van der Waals surface area contributed by atoms with Gasteiger partial charge in [0.2, 0.25) is 6.67 Å². The van der Waals surface area contributed by atoms with Crippen molar-refractivity contribution >= 4 is 17.1 Å². The summed E-state index contributed by atoms with van der Waals surface area (Å²) in [6, 6.07) is 24.4. The van der Waals surface area contributed by atoms with Gasteiger partial charge < -0.3 is 14.7 Å². The van der Waals surface area contributed by atoms with Gasteiger partial charge in [-0.3, -0.25) is 0 Å². The Hall–Kier alpha value is -2.46. The second-order valence-corrected chi connectivity index (χ2v) is 11.5. The molecule has 3 aromatic carbocycles. The second kappa shape index (κ2) is 14.8. The van der Waals surface area contributed by atoms with E-state index in [2.05, 4.69) is 127 Å². The molecule has 1 heterocycles. The molecule has 39 heavy (non-hydrogen) atoms. The summed E-state index contributed by atoms with van der Waals surface area (Å²) in [5.74, 6) is 1.84. The Balaban J connectivity index is 0.000000453. The number of rotatable bonds is 7. The normalized spacial score (nSPS) is 12.8. The maximum absolute atomic E-state index is 3.66. The van der Waals surface area contributed by atoms with Gasteiger partial charge >= 0.3 is 22.4 Å². The van der Waals surface area contributed by atoms with E-state index >= 15 is 0 Å². The number of benzene rings is 3. The molecule has 212 valence electrons. The molecule has 4 rings (SSSR count). The van der Waals surface area contributed by atoms with E-state index in [-0.39, 0.29) is 22.4 Å². The van der Waals surface area contributed by atoms with E-state index < -0.39 is 0 Å². The molecular weight excluding hydrogens is 659 g/mol. The van der Waals surface area contributed by atoms with E-state index in [1.165, 1.54) is 33.6 Å². The first-order chi connectivity index (χ1) is 18.0. The second-order valence-electron chi connectivity index (χ2n) is 11.5. The van der Waals surface area contributed by atoms with Crippen molar-refractivity contribution in [1.82, 2.24) is 0 Å². The predicted molar refractivity (Wildman–Crippen MR) is 166 cm³/mol. The summed E-state index contributed by atoms with van der Waals surface area (Å²) in [4.78, 5) is 6.43. The van der Waals surface area contributed by atoms with Crippen LogP contribution in [0.2, 0.25) is 0 Å². The molecule has 2 radical (unpaired) electrons. The Kier molecular flexibility index (Phi) is 12.4. The van der Waals surface area contributed by atoms with Gasteiger partial charge in [-0.25, -0.2) is 0 Å². The Labute approximate surface area is 254 Å². The van der Waals surface area contributed by atoms with Crippen molar-refractivity contribution in [2.24, 2.45) is 0 Å². The van der Waals surface area contributed by atoms with Crippen LogP contribution in [-0.2, 0) is 22.4 Å². The summed E-state index contributed by atoms with van der Waals surface area (Å²) in [5.41, 5.74) is 9.17. The fraction of sp³-hybridized carbons (Fsp3) is 0.400. The number of para-hydroxylation sites is 3. The van der Waals surface area contributed by atoms with Crippen molar-refractivity contribution < 1.29 is 22.4 Å². The number of nitrogens with zero attached hydrogens (tertiary/aromatic N) is 3. The fourth-order valence-corrected chi connectivity index (χ4v) is 4.81. The summed E-state index contributed by atoms with van der Waals surface area (Å²) < 4.78 is 0. The quantitative estimate of drug-likeness (QED) is 0.179. The van der Waals surface area contributed by atoms with Crippen molar-refractivity contribution in [1.29, 1.82) is 0 Å². The molecule has 0 saturated heterocycles. The molecule has 0 unspecified atom stereocenters. The summed E-state index contributed by atoms with van der Waals surface area (Å²) in [7, 11) is 4.01. The van der Waals surface area contributed by atoms with Crippen LogP contribution in [0.4, 0.5) is 17.1 Å². The molecule has 1 aliphatic heterocycles. The van der Waals surface area contributed by atoms with Gasteiger partial charge in [0, 0.05) is 26.5 Å². The van der Waals surface area contributed by atoms with Crippen LogP contribution in [0.3, 0.4) is 0 Å². The zero-order valence-corrected chi connectivity index (χ0v) is 27.5. The number of anilines is 3. The Morgan fingerprint density at radius 3 is 1.23 bits per heavy atom. The maximum atomic E-state index is 3.66. The van der Waals surface area contributed by atoms with Crippen molar-refractivity contribution in [3.05, 3.63) is 108 Å². The average Bonchev–Trinajstić information content (AvgIpc) is 3.38. The Morgan fingerprint density at radius 1 is 0.590 bits per heavy atom. The molecule has 1 aliphatic rings. The SMILES string of the molecule is CC(C)c1cccc(C(C)C)c1N1[C]N(c2c(C(C)C)cccc2C(C)C)C=C1.CN(C)c1[c-]cccc1.[Au+]. The van der Waals surface area contributed by atoms with Crippen molar-refractivity contribution in [3.8, 4) is 0 Å². The topological polar surface area (TPSA) is 9.72 Å². The van der Waals surface area contributed by atoms with Crippen LogP contribution in [0.5, 0.6) is 0 Å². The van der Waals surface area contributed by atoms with Crippen LogP contribution in [0.15, 0.2) is 73.1 Å². The largest absolute Gasteiger partial charge is 1.00 e. The molecule has 3 aromatic rings. The smallest absolute Gasteiger partial charge is 0.400 e. The minimum atomic E-state index is 0. The molecule has 0 aromatic heterocycles. The molecule has 3 nitrogen and oxygen atoms in total. The molecule has 0 bridgehead atoms. The van der Waals surface area contributed by atoms with Gasteiger partial charge in [-0.1, -0.05) is 97.5 Å². The minimum absolute atomic E-state index is 0. The zero-order chi connectivity index (χ0) is 28.0. The Bertz CT molecular complexity index is 1070. The summed E-state index contributed by atoms with van der Waals surface area (Å²) in [5, 5.41) is 0. The van der Waals surface area contributed by atoms with E-state index in [1.54, 1.807) is 0 Å². The van der Waals surface area contributed by atoms with Gasteiger partial charge in [-0.15, -0.1) is 6.07 Å². The van der Waals surface area contributed by atoms with E-state index in [0.717, 1.165) is 5.69 Å². The zero-order valence-electron chi connectivity index (χ0n) is 25.4. The summed E-state index contributed by atoms with van der Waals surface area (Å²) in [6.45, 7) is 21.8. The average molecular weight is 706 g/mol. The first kappa shape index (κ1) is 32.8. The van der Waals surface area contributed by atoms with Gasteiger partial charge in [0.05, 0.1) is 11.4 Å². The van der Waals surface area contributed by atoms with Crippen molar-refractivity contribution in [3.63, 3.8) is 0 Å². The monoisotopic (exact) mass is 705 g/mol. The summed E-state index contributed by atoms with van der Waals surface area (Å²) in [6.07, 6.45) is 4.32. The number of hydrogen-bond acceptors (Lipinski definition) is 3. The predicted octanol–water partition coefficient (Wildman–Crippen LogP) is 9.52. The van der Waals surface area contributed by atoms with E-state index in [1.807, 2.05) is 43.3 Å². The third-order valence-electron chi connectivity index (χ3n) is 6.92. The van der Waals surface area contributed by atoms with Gasteiger partial charge in [0.1, 0.15) is 0 Å². The van der Waals surface area contributed by atoms with E-state index in [0.29, 0.717) is 23.7 Å². The molecule has 0 spiro atoms. The standard InChI is InChI=1S/C27H36N2.C8H10N.Au/c1-18(2)22-11-9-12-23(19(3)4)26(22)28-15-16-29(17-28)27-24(20(5)6)13-10-14-25(27)21(7)8;1-9(2)8-6-4-3-5-7-8;/h9-16,18-21H,1-8H3;3-6H,1-2H3;/q;-1;+1. The minimum Gasteiger partial charge on any atom is -0.400 e. The third kappa shape index (κ3) is 8.03. The van der Waals surface area contributed by atoms with E-state index in [4.69, 9.17) is 0 Å². The molecule has 0 amide bonds. The van der Waals surface area contributed by atoms with Crippen LogP contribution in [0.25, 0.3) is 0 Å². The number of hydrogen-bond donors (Lipinski definition) is 0. The van der Waals surface area contributed by atoms with Gasteiger partial charge in [0.15, 0.2) is 0 Å². The van der Waals surface area contributed by atoms with E-state index in [9.17, 15) is 0 Å².